The topological polar surface area (TPSA) is 38.7 Å². The third kappa shape index (κ3) is 8.89. The van der Waals surface area contributed by atoms with E-state index in [9.17, 15) is 18.3 Å². The first-order valence-electron chi connectivity index (χ1n) is 9.27. The smallest absolute Gasteiger partial charge is 0.426 e. The number of hydrogen-bond donors (Lipinski definition) is 1. The Hall–Kier alpha value is -1.40. The van der Waals surface area contributed by atoms with Gasteiger partial charge in [-0.3, -0.25) is 0 Å². The summed E-state index contributed by atoms with van der Waals surface area (Å²) in [6.07, 6.45) is 0.752. The molecule has 0 bridgehead atoms. The Morgan fingerprint density at radius 1 is 1.04 bits per heavy atom. The highest BCUT2D eigenvalue weighted by Crippen LogP contribution is 2.30. The molecule has 0 amide bonds. The van der Waals surface area contributed by atoms with E-state index in [1.165, 1.54) is 0 Å². The molecule has 154 valence electrons. The minimum absolute atomic E-state index is 0.141. The summed E-state index contributed by atoms with van der Waals surface area (Å²) in [6, 6.07) is 3.48. The molecule has 1 rings (SSSR count). The fourth-order valence-electron chi connectivity index (χ4n) is 2.59. The maximum absolute atomic E-state index is 12.2. The van der Waals surface area contributed by atoms with Crippen molar-refractivity contribution in [3.8, 4) is 11.5 Å². The summed E-state index contributed by atoms with van der Waals surface area (Å²) in [5, 5.41) is 8.64. The van der Waals surface area contributed by atoms with Gasteiger partial charge in [-0.2, -0.15) is 13.2 Å². The molecule has 1 N–H and O–H groups in total. The zero-order valence-corrected chi connectivity index (χ0v) is 16.6. The molecule has 0 saturated heterocycles. The first-order valence-corrected chi connectivity index (χ1v) is 9.65. The number of allylic oxidation sites excluding steroid dienone is 1. The Bertz CT molecular complexity index is 576. The van der Waals surface area contributed by atoms with Crippen LogP contribution in [0.2, 0.25) is 0 Å². The van der Waals surface area contributed by atoms with Crippen molar-refractivity contribution >= 4 is 11.6 Å². The average molecular weight is 409 g/mol. The van der Waals surface area contributed by atoms with E-state index in [0.29, 0.717) is 13.2 Å². The summed E-state index contributed by atoms with van der Waals surface area (Å²) in [5.74, 6) is 1.13. The molecule has 0 heterocycles. The lowest BCUT2D eigenvalue weighted by Gasteiger charge is -2.15. The van der Waals surface area contributed by atoms with Gasteiger partial charge in [0.25, 0.3) is 0 Å². The number of rotatable bonds is 12. The number of aromatic hydroxyl groups is 1. The van der Waals surface area contributed by atoms with Gasteiger partial charge in [-0.15, -0.1) is 0 Å². The fourth-order valence-corrected chi connectivity index (χ4v) is 2.70. The Labute approximate surface area is 164 Å². The van der Waals surface area contributed by atoms with Gasteiger partial charge < -0.3 is 14.6 Å². The molecule has 7 heteroatoms. The highest BCUT2D eigenvalue weighted by Gasteiger charge is 2.31. The van der Waals surface area contributed by atoms with Crippen molar-refractivity contribution < 1.29 is 27.8 Å². The van der Waals surface area contributed by atoms with Gasteiger partial charge >= 0.3 is 6.18 Å². The Kier molecular flexibility index (Phi) is 10.6. The van der Waals surface area contributed by atoms with E-state index in [-0.39, 0.29) is 18.8 Å². The standard InChI is InChI=1S/C20H28ClF3O3/c1-3-15-13-17(25)14-16(4-2)19(15)27-12-7-5-6-10-26-11-8-9-18(21)20(22,23)24/h9,13-14,25H,3-8,10-12H2,1-2H3. The molecule has 1 aromatic carbocycles. The first-order chi connectivity index (χ1) is 12.8. The number of ether oxygens (including phenoxy) is 2. The molecular weight excluding hydrogens is 381 g/mol. The van der Waals surface area contributed by atoms with E-state index >= 15 is 0 Å². The number of phenolic OH excluding ortho intramolecular Hbond substituents is 1. The SMILES string of the molecule is CCc1cc(O)cc(CC)c1OCCCCCOCCC=C(Cl)C(F)(F)F. The van der Waals surface area contributed by atoms with Gasteiger partial charge in [0, 0.05) is 6.61 Å². The summed E-state index contributed by atoms with van der Waals surface area (Å²) in [4.78, 5) is 0. The third-order valence-corrected chi connectivity index (χ3v) is 4.39. The van der Waals surface area contributed by atoms with Gasteiger partial charge in [0.15, 0.2) is 0 Å². The summed E-state index contributed by atoms with van der Waals surface area (Å²) in [7, 11) is 0. The van der Waals surface area contributed by atoms with E-state index < -0.39 is 11.2 Å². The van der Waals surface area contributed by atoms with Crippen LogP contribution in [0, 0.1) is 0 Å². The molecule has 0 aromatic heterocycles. The molecule has 1 aromatic rings. The van der Waals surface area contributed by atoms with Crippen LogP contribution in [0.5, 0.6) is 11.5 Å². The van der Waals surface area contributed by atoms with Crippen molar-refractivity contribution in [2.75, 3.05) is 19.8 Å². The van der Waals surface area contributed by atoms with E-state index in [0.717, 1.165) is 55.1 Å². The summed E-state index contributed by atoms with van der Waals surface area (Å²) < 4.78 is 47.7. The first kappa shape index (κ1) is 23.6. The predicted molar refractivity (Wildman–Crippen MR) is 102 cm³/mol. The maximum Gasteiger partial charge on any atom is 0.426 e. The van der Waals surface area contributed by atoms with Crippen LogP contribution >= 0.6 is 11.6 Å². The second-order valence-corrected chi connectivity index (χ2v) is 6.57. The number of phenols is 1. The van der Waals surface area contributed by atoms with Gasteiger partial charge in [-0.1, -0.05) is 31.5 Å². The maximum atomic E-state index is 12.2. The molecule has 0 spiro atoms. The monoisotopic (exact) mass is 408 g/mol. The molecule has 0 aliphatic carbocycles. The van der Waals surface area contributed by atoms with Crippen LogP contribution in [0.4, 0.5) is 13.2 Å². The lowest BCUT2D eigenvalue weighted by molar-refractivity contribution is -0.0848. The normalized spacial score (nSPS) is 12.4. The van der Waals surface area contributed by atoms with Crippen molar-refractivity contribution in [3.63, 3.8) is 0 Å². The molecular formula is C20H28ClF3O3. The zero-order chi connectivity index (χ0) is 20.3. The summed E-state index contributed by atoms with van der Waals surface area (Å²) in [6.45, 7) is 5.34. The van der Waals surface area contributed by atoms with E-state index in [2.05, 4.69) is 0 Å². The number of halogens is 4. The molecule has 0 unspecified atom stereocenters. The van der Waals surface area contributed by atoms with Crippen molar-refractivity contribution in [3.05, 3.63) is 34.4 Å². The van der Waals surface area contributed by atoms with Crippen LogP contribution in [0.3, 0.4) is 0 Å². The summed E-state index contributed by atoms with van der Waals surface area (Å²) >= 11 is 5.11. The molecule has 0 aliphatic rings. The lowest BCUT2D eigenvalue weighted by atomic mass is 10.0. The molecule has 0 fully saturated rings. The minimum atomic E-state index is -4.48. The molecule has 0 atom stereocenters. The van der Waals surface area contributed by atoms with Crippen LogP contribution in [-0.4, -0.2) is 31.1 Å². The van der Waals surface area contributed by atoms with Crippen LogP contribution in [0.15, 0.2) is 23.2 Å². The number of unbranched alkanes of at least 4 members (excludes halogenated alkanes) is 2. The quantitative estimate of drug-likeness (QED) is 0.421. The van der Waals surface area contributed by atoms with Gasteiger partial charge in [-0.05, 0) is 61.8 Å². The lowest BCUT2D eigenvalue weighted by Crippen LogP contribution is -2.07. The Balaban J connectivity index is 2.20. The molecule has 0 radical (unpaired) electrons. The fraction of sp³-hybridized carbons (Fsp3) is 0.600. The highest BCUT2D eigenvalue weighted by atomic mass is 35.5. The molecule has 27 heavy (non-hydrogen) atoms. The average Bonchev–Trinajstić information content (AvgIpc) is 2.62. The van der Waals surface area contributed by atoms with Crippen LogP contribution in [0.25, 0.3) is 0 Å². The van der Waals surface area contributed by atoms with Crippen molar-refractivity contribution in [2.45, 2.75) is 58.5 Å². The minimum Gasteiger partial charge on any atom is -0.508 e. The summed E-state index contributed by atoms with van der Waals surface area (Å²) in [5.41, 5.74) is 2.00. The Morgan fingerprint density at radius 2 is 1.63 bits per heavy atom. The number of hydrogen-bond acceptors (Lipinski definition) is 3. The van der Waals surface area contributed by atoms with E-state index in [1.807, 2.05) is 13.8 Å². The van der Waals surface area contributed by atoms with E-state index in [1.54, 1.807) is 12.1 Å². The molecule has 0 saturated carbocycles. The molecule has 3 nitrogen and oxygen atoms in total. The van der Waals surface area contributed by atoms with Gasteiger partial charge in [0.2, 0.25) is 0 Å². The van der Waals surface area contributed by atoms with Crippen LogP contribution in [0.1, 0.15) is 50.7 Å². The number of benzene rings is 1. The van der Waals surface area contributed by atoms with E-state index in [4.69, 9.17) is 21.1 Å². The Morgan fingerprint density at radius 3 is 2.19 bits per heavy atom. The van der Waals surface area contributed by atoms with Gasteiger partial charge in [0.05, 0.1) is 13.2 Å². The third-order valence-electron chi connectivity index (χ3n) is 4.03. The zero-order valence-electron chi connectivity index (χ0n) is 15.9. The highest BCUT2D eigenvalue weighted by molar-refractivity contribution is 6.30. The second-order valence-electron chi connectivity index (χ2n) is 6.16. The second kappa shape index (κ2) is 12.1. The van der Waals surface area contributed by atoms with Gasteiger partial charge in [-0.25, -0.2) is 0 Å². The van der Waals surface area contributed by atoms with Crippen LogP contribution < -0.4 is 4.74 Å². The number of aryl methyl sites for hydroxylation is 2. The van der Waals surface area contributed by atoms with Crippen molar-refractivity contribution in [2.24, 2.45) is 0 Å². The molecule has 0 aliphatic heterocycles. The van der Waals surface area contributed by atoms with Crippen molar-refractivity contribution in [1.82, 2.24) is 0 Å². The largest absolute Gasteiger partial charge is 0.508 e. The van der Waals surface area contributed by atoms with Crippen LogP contribution in [-0.2, 0) is 17.6 Å². The van der Waals surface area contributed by atoms with Crippen molar-refractivity contribution in [1.29, 1.82) is 0 Å². The predicted octanol–water partition coefficient (Wildman–Crippen LogP) is 6.16. The van der Waals surface area contributed by atoms with Gasteiger partial charge in [0.1, 0.15) is 16.5 Å². The number of alkyl halides is 3.